The van der Waals surface area contributed by atoms with E-state index in [1.807, 2.05) is 10.8 Å². The van der Waals surface area contributed by atoms with Crippen molar-refractivity contribution in [3.63, 3.8) is 0 Å². The summed E-state index contributed by atoms with van der Waals surface area (Å²) in [5.74, 6) is -1.61. The van der Waals surface area contributed by atoms with E-state index in [2.05, 4.69) is 4.98 Å². The van der Waals surface area contributed by atoms with Gasteiger partial charge in [0.15, 0.2) is 0 Å². The molecule has 2 heterocycles. The van der Waals surface area contributed by atoms with Crippen molar-refractivity contribution in [2.45, 2.75) is 18.7 Å². The highest BCUT2D eigenvalue weighted by Gasteiger charge is 2.37. The van der Waals surface area contributed by atoms with Crippen LogP contribution in [0, 0.1) is 24.2 Å². The highest BCUT2D eigenvalue weighted by atomic mass is 35.5. The van der Waals surface area contributed by atoms with Crippen molar-refractivity contribution in [2.24, 2.45) is 5.92 Å². The molecule has 1 aliphatic rings. The Morgan fingerprint density at radius 1 is 1.31 bits per heavy atom. The molecule has 1 fully saturated rings. The van der Waals surface area contributed by atoms with Crippen molar-refractivity contribution < 1.29 is 22.7 Å². The molecule has 0 aliphatic carbocycles. The fraction of sp³-hybridized carbons (Fsp3) is 0.300. The summed E-state index contributed by atoms with van der Waals surface area (Å²) in [6.07, 6.45) is 0. The van der Waals surface area contributed by atoms with E-state index < -0.39 is 27.8 Å². The van der Waals surface area contributed by atoms with Crippen LogP contribution in [0.2, 0.25) is 10.0 Å². The molecule has 2 aromatic rings. The number of nitrogens with one attached hydrogen (secondary N) is 1. The number of nitriles is 1. The molecule has 3 rings (SSSR count). The second-order valence-electron chi connectivity index (χ2n) is 6.97. The molecule has 12 heteroatoms. The number of sulfonamides is 1. The Balaban J connectivity index is 1.72. The third-order valence-corrected chi connectivity index (χ3v) is 6.84. The van der Waals surface area contributed by atoms with Gasteiger partial charge in [-0.1, -0.05) is 23.2 Å². The Bertz CT molecular complexity index is 1240. The van der Waals surface area contributed by atoms with Gasteiger partial charge in [0.2, 0.25) is 5.91 Å². The summed E-state index contributed by atoms with van der Waals surface area (Å²) in [6.45, 7) is 3.77. The van der Waals surface area contributed by atoms with E-state index in [1.165, 1.54) is 24.3 Å². The van der Waals surface area contributed by atoms with Crippen LogP contribution in [0.4, 0.5) is 5.82 Å². The maximum atomic E-state index is 12.5. The number of aromatic nitrogens is 1. The molecule has 0 atom stereocenters. The van der Waals surface area contributed by atoms with Crippen LogP contribution in [0.15, 0.2) is 29.2 Å². The number of carbonyl (C=O) groups excluding carboxylic acids is 2. The predicted molar refractivity (Wildman–Crippen MR) is 117 cm³/mol. The molecule has 1 aliphatic heterocycles. The average Bonchev–Trinajstić information content (AvgIpc) is 2.66. The lowest BCUT2D eigenvalue weighted by Gasteiger charge is -2.39. The van der Waals surface area contributed by atoms with Gasteiger partial charge in [0.1, 0.15) is 16.8 Å². The van der Waals surface area contributed by atoms with Crippen LogP contribution < -0.4 is 9.62 Å². The standard InChI is InChI=1S/C20H18Cl2N4O5S/c1-3-31-20(28)15-6-12(8-23)18(24-11(15)2)26-9-13(10-26)19(27)25-32(29,30)17-5-4-14(21)7-16(17)22/h4-7,13H,3,9-10H2,1-2H3,(H,25,27). The lowest BCUT2D eigenvalue weighted by atomic mass is 9.98. The quantitative estimate of drug-likeness (QED) is 0.604. The van der Waals surface area contributed by atoms with E-state index >= 15 is 0 Å². The zero-order chi connectivity index (χ0) is 23.6. The topological polar surface area (TPSA) is 129 Å². The van der Waals surface area contributed by atoms with Gasteiger partial charge < -0.3 is 9.64 Å². The van der Waals surface area contributed by atoms with Crippen LogP contribution in [0.5, 0.6) is 0 Å². The summed E-state index contributed by atoms with van der Waals surface area (Å²) in [4.78, 5) is 30.2. The summed E-state index contributed by atoms with van der Waals surface area (Å²) in [5.41, 5.74) is 0.719. The molecular weight excluding hydrogens is 479 g/mol. The lowest BCUT2D eigenvalue weighted by molar-refractivity contribution is -0.123. The number of amides is 1. The van der Waals surface area contributed by atoms with Gasteiger partial charge in [0.25, 0.3) is 10.0 Å². The number of carbonyl (C=O) groups is 2. The van der Waals surface area contributed by atoms with Gasteiger partial charge in [-0.15, -0.1) is 0 Å². The number of nitrogens with zero attached hydrogens (tertiary/aromatic N) is 3. The SMILES string of the molecule is CCOC(=O)c1cc(C#N)c(N2CC(C(=O)NS(=O)(=O)c3ccc(Cl)cc3Cl)C2)nc1C. The van der Waals surface area contributed by atoms with Crippen LogP contribution in [-0.4, -0.2) is 45.0 Å². The summed E-state index contributed by atoms with van der Waals surface area (Å²) in [5, 5.41) is 9.62. The molecule has 1 aromatic heterocycles. The first-order valence-corrected chi connectivity index (χ1v) is 11.7. The minimum absolute atomic E-state index is 0.104. The van der Waals surface area contributed by atoms with Gasteiger partial charge >= 0.3 is 5.97 Å². The molecule has 1 aromatic carbocycles. The molecule has 0 unspecified atom stereocenters. The van der Waals surface area contributed by atoms with Crippen LogP contribution >= 0.6 is 23.2 Å². The van der Waals surface area contributed by atoms with E-state index in [4.69, 9.17) is 27.9 Å². The number of rotatable bonds is 6. The number of benzene rings is 1. The fourth-order valence-electron chi connectivity index (χ4n) is 3.11. The highest BCUT2D eigenvalue weighted by molar-refractivity contribution is 7.90. The number of pyridine rings is 1. The molecular formula is C20H18Cl2N4O5S. The molecule has 0 spiro atoms. The minimum Gasteiger partial charge on any atom is -0.462 e. The predicted octanol–water partition coefficient (Wildman–Crippen LogP) is 2.69. The third-order valence-electron chi connectivity index (χ3n) is 4.78. The smallest absolute Gasteiger partial charge is 0.340 e. The molecule has 0 saturated carbocycles. The monoisotopic (exact) mass is 496 g/mol. The van der Waals surface area contributed by atoms with Gasteiger partial charge in [0, 0.05) is 18.1 Å². The van der Waals surface area contributed by atoms with E-state index in [9.17, 15) is 23.3 Å². The first-order valence-electron chi connectivity index (χ1n) is 9.43. The first-order chi connectivity index (χ1) is 15.1. The molecule has 168 valence electrons. The summed E-state index contributed by atoms with van der Waals surface area (Å²) < 4.78 is 32.0. The molecule has 1 saturated heterocycles. The normalized spacial score (nSPS) is 13.8. The van der Waals surface area contributed by atoms with Crippen molar-refractivity contribution in [1.82, 2.24) is 9.71 Å². The molecule has 0 radical (unpaired) electrons. The Kier molecular flexibility index (Phi) is 6.93. The number of esters is 1. The van der Waals surface area contributed by atoms with Gasteiger partial charge in [-0.25, -0.2) is 22.9 Å². The molecule has 9 nitrogen and oxygen atoms in total. The number of aryl methyl sites for hydroxylation is 1. The number of ether oxygens (including phenoxy) is 1. The van der Waals surface area contributed by atoms with Crippen LogP contribution in [0.25, 0.3) is 0 Å². The Morgan fingerprint density at radius 3 is 2.59 bits per heavy atom. The maximum Gasteiger partial charge on any atom is 0.340 e. The third kappa shape index (κ3) is 4.80. The Labute approximate surface area is 194 Å². The largest absolute Gasteiger partial charge is 0.462 e. The van der Waals surface area contributed by atoms with Crippen LogP contribution in [0.3, 0.4) is 0 Å². The van der Waals surface area contributed by atoms with Gasteiger partial charge in [0.05, 0.1) is 34.4 Å². The maximum absolute atomic E-state index is 12.5. The van der Waals surface area contributed by atoms with Crippen LogP contribution in [0.1, 0.15) is 28.5 Å². The molecule has 32 heavy (non-hydrogen) atoms. The second kappa shape index (κ2) is 9.32. The Hall–Kier alpha value is -2.87. The zero-order valence-electron chi connectivity index (χ0n) is 17.1. The molecule has 0 bridgehead atoms. The minimum atomic E-state index is -4.18. The zero-order valence-corrected chi connectivity index (χ0v) is 19.4. The second-order valence-corrected chi connectivity index (χ2v) is 9.47. The van der Waals surface area contributed by atoms with Crippen molar-refractivity contribution in [1.29, 1.82) is 5.26 Å². The number of halogens is 2. The summed E-state index contributed by atoms with van der Waals surface area (Å²) in [7, 11) is -4.18. The summed E-state index contributed by atoms with van der Waals surface area (Å²) >= 11 is 11.7. The van der Waals surface area contributed by atoms with Crippen molar-refractivity contribution in [3.05, 3.63) is 51.1 Å². The van der Waals surface area contributed by atoms with Gasteiger partial charge in [-0.3, -0.25) is 4.79 Å². The lowest BCUT2D eigenvalue weighted by Crippen LogP contribution is -2.55. The Morgan fingerprint density at radius 2 is 2.00 bits per heavy atom. The number of anilines is 1. The fourth-order valence-corrected chi connectivity index (χ4v) is 4.93. The van der Waals surface area contributed by atoms with Crippen molar-refractivity contribution in [3.8, 4) is 6.07 Å². The van der Waals surface area contributed by atoms with E-state index in [0.29, 0.717) is 11.5 Å². The number of hydrogen-bond acceptors (Lipinski definition) is 8. The van der Waals surface area contributed by atoms with E-state index in [1.54, 1.807) is 18.7 Å². The van der Waals surface area contributed by atoms with Crippen LogP contribution in [-0.2, 0) is 19.6 Å². The highest BCUT2D eigenvalue weighted by Crippen LogP contribution is 2.29. The van der Waals surface area contributed by atoms with Gasteiger partial charge in [-0.05, 0) is 38.1 Å². The van der Waals surface area contributed by atoms with E-state index in [-0.39, 0.29) is 45.8 Å². The van der Waals surface area contributed by atoms with Gasteiger partial charge in [-0.2, -0.15) is 5.26 Å². The van der Waals surface area contributed by atoms with Crippen molar-refractivity contribution >= 4 is 50.9 Å². The summed E-state index contributed by atoms with van der Waals surface area (Å²) in [6, 6.07) is 7.23. The molecule has 1 N–H and O–H groups in total. The molecule has 1 amide bonds. The number of hydrogen-bond donors (Lipinski definition) is 1. The van der Waals surface area contributed by atoms with Crippen molar-refractivity contribution in [2.75, 3.05) is 24.6 Å². The average molecular weight is 497 g/mol. The van der Waals surface area contributed by atoms with E-state index in [0.717, 1.165) is 0 Å². The first kappa shape index (κ1) is 23.8.